The van der Waals surface area contributed by atoms with Gasteiger partial charge in [-0.1, -0.05) is 6.58 Å². The minimum Gasteiger partial charge on any atom is -0.479 e. The van der Waals surface area contributed by atoms with E-state index >= 15 is 0 Å². The van der Waals surface area contributed by atoms with E-state index in [0.717, 1.165) is 12.8 Å². The summed E-state index contributed by atoms with van der Waals surface area (Å²) in [7, 11) is 0. The van der Waals surface area contributed by atoms with Gasteiger partial charge in [-0.15, -0.1) is 0 Å². The maximum Gasteiger partial charge on any atom is 0.332 e. The van der Waals surface area contributed by atoms with E-state index in [1.165, 1.54) is 13.0 Å². The highest BCUT2D eigenvalue weighted by molar-refractivity contribution is 5.86. The molecule has 0 saturated carbocycles. The van der Waals surface area contributed by atoms with Crippen LogP contribution in [-0.4, -0.2) is 46.5 Å². The second-order valence-electron chi connectivity index (χ2n) is 2.94. The van der Waals surface area contributed by atoms with Crippen molar-refractivity contribution >= 4 is 11.9 Å². The molecule has 0 spiro atoms. The number of rotatable bonds is 6. The maximum absolute atomic E-state index is 10.5. The third kappa shape index (κ3) is 15.1. The highest BCUT2D eigenvalue weighted by Crippen LogP contribution is 1.83. The van der Waals surface area contributed by atoms with Crippen LogP contribution in [0.5, 0.6) is 0 Å². The molecule has 1 unspecified atom stereocenters. The molecule has 6 nitrogen and oxygen atoms in total. The topological polar surface area (TPSA) is 107 Å². The molecular weight excluding hydrogens is 214 g/mol. The number of hydrogen-bond donors (Lipinski definition) is 4. The largest absolute Gasteiger partial charge is 0.479 e. The molecule has 0 bridgehead atoms. The van der Waals surface area contributed by atoms with Gasteiger partial charge in [0, 0.05) is 13.2 Å². The Kier molecular flexibility index (Phi) is 12.4. The van der Waals surface area contributed by atoms with Crippen LogP contribution >= 0.6 is 0 Å². The minimum absolute atomic E-state index is 0.155. The number of carboxylic acids is 1. The van der Waals surface area contributed by atoms with Crippen LogP contribution in [-0.2, 0) is 9.59 Å². The molecule has 1 atom stereocenters. The van der Waals surface area contributed by atoms with Crippen LogP contribution in [0.2, 0.25) is 0 Å². The molecule has 0 aromatic carbocycles. The molecule has 0 aromatic heterocycles. The van der Waals surface area contributed by atoms with Gasteiger partial charge in [-0.25, -0.2) is 4.79 Å². The zero-order valence-electron chi connectivity index (χ0n) is 9.35. The Bertz CT molecular complexity index is 215. The SMILES string of the molecule is C=CC(=O)NCCCCO.CC(O)C(=O)O. The predicted octanol–water partition coefficient (Wildman–Crippen LogP) is -0.487. The van der Waals surface area contributed by atoms with Gasteiger partial charge in [-0.3, -0.25) is 4.79 Å². The van der Waals surface area contributed by atoms with Gasteiger partial charge in [0.2, 0.25) is 5.91 Å². The molecule has 0 aromatic rings. The lowest BCUT2D eigenvalue weighted by atomic mass is 10.3. The summed E-state index contributed by atoms with van der Waals surface area (Å²) in [5.41, 5.74) is 0. The van der Waals surface area contributed by atoms with E-state index in [9.17, 15) is 9.59 Å². The van der Waals surface area contributed by atoms with E-state index in [4.69, 9.17) is 15.3 Å². The molecule has 0 aliphatic heterocycles. The van der Waals surface area contributed by atoms with Crippen molar-refractivity contribution < 1.29 is 24.9 Å². The lowest BCUT2D eigenvalue weighted by Crippen LogP contribution is -2.21. The summed E-state index contributed by atoms with van der Waals surface area (Å²) in [6, 6.07) is 0. The zero-order valence-corrected chi connectivity index (χ0v) is 9.35. The van der Waals surface area contributed by atoms with Gasteiger partial charge in [0.05, 0.1) is 0 Å². The summed E-state index contributed by atoms with van der Waals surface area (Å²) in [5, 5.41) is 26.7. The molecule has 94 valence electrons. The molecule has 0 aliphatic rings. The Hall–Kier alpha value is -1.40. The average molecular weight is 233 g/mol. The lowest BCUT2D eigenvalue weighted by molar-refractivity contribution is -0.145. The van der Waals surface area contributed by atoms with E-state index in [2.05, 4.69) is 11.9 Å². The summed E-state index contributed by atoms with van der Waals surface area (Å²) in [6.45, 7) is 5.30. The van der Waals surface area contributed by atoms with Crippen molar-refractivity contribution in [2.75, 3.05) is 13.2 Å². The number of carboxylic acid groups (broad SMARTS) is 1. The van der Waals surface area contributed by atoms with Gasteiger partial charge in [0.1, 0.15) is 6.10 Å². The van der Waals surface area contributed by atoms with Crippen molar-refractivity contribution in [3.63, 3.8) is 0 Å². The van der Waals surface area contributed by atoms with Gasteiger partial charge in [0.25, 0.3) is 0 Å². The highest BCUT2D eigenvalue weighted by atomic mass is 16.4. The van der Waals surface area contributed by atoms with Crippen molar-refractivity contribution in [1.82, 2.24) is 5.32 Å². The zero-order chi connectivity index (χ0) is 13.0. The number of hydrogen-bond acceptors (Lipinski definition) is 4. The van der Waals surface area contributed by atoms with Gasteiger partial charge < -0.3 is 20.6 Å². The fourth-order valence-corrected chi connectivity index (χ4v) is 0.521. The molecule has 0 heterocycles. The van der Waals surface area contributed by atoms with Crippen molar-refractivity contribution in [3.05, 3.63) is 12.7 Å². The highest BCUT2D eigenvalue weighted by Gasteiger charge is 2.01. The number of aliphatic carboxylic acids is 1. The predicted molar refractivity (Wildman–Crippen MR) is 58.8 cm³/mol. The molecule has 0 fully saturated rings. The molecular formula is C10H19NO5. The van der Waals surface area contributed by atoms with Crippen LogP contribution < -0.4 is 5.32 Å². The second-order valence-corrected chi connectivity index (χ2v) is 2.94. The Labute approximate surface area is 94.6 Å². The van der Waals surface area contributed by atoms with Crippen LogP contribution in [0.25, 0.3) is 0 Å². The standard InChI is InChI=1S/C7H13NO2.C3H6O3/c1-2-7(10)8-5-3-4-6-9;1-2(4)3(5)6/h2,9H,1,3-6H2,(H,8,10);2,4H,1H3,(H,5,6). The number of carbonyl (C=O) groups excluding carboxylic acids is 1. The van der Waals surface area contributed by atoms with Crippen LogP contribution in [0, 0.1) is 0 Å². The average Bonchev–Trinajstić information content (AvgIpc) is 2.24. The minimum atomic E-state index is -1.23. The number of unbranched alkanes of at least 4 members (excludes halogenated alkanes) is 1. The van der Waals surface area contributed by atoms with Crippen LogP contribution in [0.1, 0.15) is 19.8 Å². The molecule has 1 amide bonds. The second kappa shape index (κ2) is 11.7. The van der Waals surface area contributed by atoms with E-state index in [-0.39, 0.29) is 12.5 Å². The smallest absolute Gasteiger partial charge is 0.332 e. The van der Waals surface area contributed by atoms with E-state index in [1.807, 2.05) is 0 Å². The first-order valence-corrected chi connectivity index (χ1v) is 4.87. The Morgan fingerprint density at radius 2 is 1.94 bits per heavy atom. The maximum atomic E-state index is 10.5. The number of nitrogens with one attached hydrogen (secondary N) is 1. The fourth-order valence-electron chi connectivity index (χ4n) is 0.521. The summed E-state index contributed by atoms with van der Waals surface area (Å²) in [4.78, 5) is 19.9. The summed E-state index contributed by atoms with van der Waals surface area (Å²) in [5.74, 6) is -1.34. The third-order valence-electron chi connectivity index (χ3n) is 1.43. The van der Waals surface area contributed by atoms with E-state index in [1.54, 1.807) is 0 Å². The molecule has 16 heavy (non-hydrogen) atoms. The molecule has 0 rings (SSSR count). The Balaban J connectivity index is 0. The van der Waals surface area contributed by atoms with Gasteiger partial charge in [-0.2, -0.15) is 0 Å². The van der Waals surface area contributed by atoms with Crippen molar-refractivity contribution in [2.24, 2.45) is 0 Å². The van der Waals surface area contributed by atoms with E-state index in [0.29, 0.717) is 6.54 Å². The first-order chi connectivity index (χ1) is 7.45. The fraction of sp³-hybridized carbons (Fsp3) is 0.600. The van der Waals surface area contributed by atoms with E-state index < -0.39 is 12.1 Å². The third-order valence-corrected chi connectivity index (χ3v) is 1.43. The molecule has 0 aliphatic carbocycles. The van der Waals surface area contributed by atoms with Crippen molar-refractivity contribution in [2.45, 2.75) is 25.9 Å². The molecule has 0 radical (unpaired) electrons. The Morgan fingerprint density at radius 1 is 1.44 bits per heavy atom. The normalized spacial score (nSPS) is 10.7. The van der Waals surface area contributed by atoms with Crippen LogP contribution in [0.15, 0.2) is 12.7 Å². The monoisotopic (exact) mass is 233 g/mol. The van der Waals surface area contributed by atoms with Crippen LogP contribution in [0.4, 0.5) is 0 Å². The molecule has 0 saturated heterocycles. The van der Waals surface area contributed by atoms with Crippen molar-refractivity contribution in [3.8, 4) is 0 Å². The quantitative estimate of drug-likeness (QED) is 0.366. The van der Waals surface area contributed by atoms with Gasteiger partial charge in [-0.05, 0) is 25.8 Å². The van der Waals surface area contributed by atoms with Crippen LogP contribution in [0.3, 0.4) is 0 Å². The number of aliphatic hydroxyl groups is 2. The summed E-state index contributed by atoms with van der Waals surface area (Å²) in [6.07, 6.45) is 1.55. The number of aliphatic hydroxyl groups excluding tert-OH is 2. The number of amides is 1. The Morgan fingerprint density at radius 3 is 2.25 bits per heavy atom. The lowest BCUT2D eigenvalue weighted by Gasteiger charge is -1.98. The molecule has 6 heteroatoms. The van der Waals surface area contributed by atoms with Gasteiger partial charge in [0.15, 0.2) is 0 Å². The van der Waals surface area contributed by atoms with Crippen molar-refractivity contribution in [1.29, 1.82) is 0 Å². The summed E-state index contributed by atoms with van der Waals surface area (Å²) >= 11 is 0. The summed E-state index contributed by atoms with van der Waals surface area (Å²) < 4.78 is 0. The van der Waals surface area contributed by atoms with Gasteiger partial charge >= 0.3 is 5.97 Å². The molecule has 4 N–H and O–H groups in total. The number of carbonyl (C=O) groups is 2. The first-order valence-electron chi connectivity index (χ1n) is 4.87. The first kappa shape index (κ1) is 17.0.